The number of carbonyl (C=O) groups excluding carboxylic acids is 1. The molecule has 0 radical (unpaired) electrons. The quantitative estimate of drug-likeness (QED) is 0.809. The molecule has 2 aromatic rings. The van der Waals surface area contributed by atoms with Crippen molar-refractivity contribution in [3.63, 3.8) is 0 Å². The molecule has 2 heterocycles. The van der Waals surface area contributed by atoms with Crippen molar-refractivity contribution >= 4 is 56.2 Å². The molecule has 25 heavy (non-hydrogen) atoms. The molecule has 0 saturated carbocycles. The van der Waals surface area contributed by atoms with Crippen LogP contribution in [0, 0.1) is 5.82 Å². The topological polar surface area (TPSA) is 66.5 Å². The molecule has 1 unspecified atom stereocenters. The number of benzene rings is 1. The molecular weight excluding hydrogens is 410 g/mol. The van der Waals surface area contributed by atoms with E-state index >= 15 is 0 Å². The minimum atomic E-state index is -3.83. The van der Waals surface area contributed by atoms with Gasteiger partial charge in [-0.15, -0.1) is 11.3 Å². The summed E-state index contributed by atoms with van der Waals surface area (Å²) in [7, 11) is -3.83. The Morgan fingerprint density at radius 2 is 2.04 bits per heavy atom. The fourth-order valence-corrected chi connectivity index (χ4v) is 6.08. The van der Waals surface area contributed by atoms with Crippen molar-refractivity contribution in [3.8, 4) is 0 Å². The van der Waals surface area contributed by atoms with Gasteiger partial charge in [0.05, 0.1) is 10.0 Å². The van der Waals surface area contributed by atoms with Gasteiger partial charge >= 0.3 is 0 Å². The van der Waals surface area contributed by atoms with Crippen molar-refractivity contribution < 1.29 is 17.6 Å². The number of anilines is 1. The summed E-state index contributed by atoms with van der Waals surface area (Å²) < 4.78 is 40.9. The molecule has 134 valence electrons. The van der Waals surface area contributed by atoms with Crippen LogP contribution < -0.4 is 5.32 Å². The average molecular weight is 423 g/mol. The standard InChI is InChI=1S/C15H13Cl2FN2O3S2/c16-9-3-4-11(10(18)8-9)19-15(21)12-2-1-7-20(12)25(22,23)14-6-5-13(17)24-14/h3-6,8,12H,1-2,7H2,(H,19,21). The Labute approximate surface area is 158 Å². The van der Waals surface area contributed by atoms with E-state index in [1.54, 1.807) is 0 Å². The van der Waals surface area contributed by atoms with Crippen molar-refractivity contribution in [1.82, 2.24) is 4.31 Å². The van der Waals surface area contributed by atoms with Gasteiger partial charge in [0.1, 0.15) is 16.1 Å². The fourth-order valence-electron chi connectivity index (χ4n) is 2.65. The molecule has 3 rings (SSSR count). The highest BCUT2D eigenvalue weighted by Gasteiger charge is 2.40. The lowest BCUT2D eigenvalue weighted by molar-refractivity contribution is -0.119. The molecule has 1 N–H and O–H groups in total. The second kappa shape index (κ2) is 7.20. The van der Waals surface area contributed by atoms with Gasteiger partial charge in [-0.1, -0.05) is 23.2 Å². The SMILES string of the molecule is O=C(Nc1ccc(Cl)cc1F)C1CCCN1S(=O)(=O)c1ccc(Cl)s1. The second-order valence-electron chi connectivity index (χ2n) is 5.45. The van der Waals surface area contributed by atoms with Crippen LogP contribution in [0.3, 0.4) is 0 Å². The first-order valence-corrected chi connectivity index (χ1v) is 10.3. The largest absolute Gasteiger partial charge is 0.322 e. The van der Waals surface area contributed by atoms with Gasteiger partial charge in [-0.05, 0) is 43.2 Å². The fraction of sp³-hybridized carbons (Fsp3) is 0.267. The summed E-state index contributed by atoms with van der Waals surface area (Å²) in [6, 6.07) is 5.86. The number of nitrogens with zero attached hydrogens (tertiary/aromatic N) is 1. The summed E-state index contributed by atoms with van der Waals surface area (Å²) in [5.41, 5.74) is -0.0437. The van der Waals surface area contributed by atoms with Crippen LogP contribution in [0.5, 0.6) is 0 Å². The molecule has 1 aromatic heterocycles. The molecule has 0 bridgehead atoms. The minimum Gasteiger partial charge on any atom is -0.322 e. The predicted molar refractivity (Wildman–Crippen MR) is 96.3 cm³/mol. The molecule has 1 saturated heterocycles. The summed E-state index contributed by atoms with van der Waals surface area (Å²) in [6.07, 6.45) is 0.902. The third-order valence-electron chi connectivity index (χ3n) is 3.81. The molecule has 5 nitrogen and oxygen atoms in total. The zero-order valence-corrected chi connectivity index (χ0v) is 15.9. The molecule has 1 aromatic carbocycles. The third-order valence-corrected chi connectivity index (χ3v) is 7.65. The van der Waals surface area contributed by atoms with Gasteiger partial charge < -0.3 is 5.32 Å². The van der Waals surface area contributed by atoms with E-state index in [4.69, 9.17) is 23.2 Å². The van der Waals surface area contributed by atoms with Crippen molar-refractivity contribution in [3.05, 3.63) is 45.5 Å². The summed E-state index contributed by atoms with van der Waals surface area (Å²) in [5, 5.41) is 2.64. The molecule has 1 fully saturated rings. The number of halogens is 3. The number of hydrogen-bond donors (Lipinski definition) is 1. The van der Waals surface area contributed by atoms with Crippen LogP contribution in [0.2, 0.25) is 9.36 Å². The predicted octanol–water partition coefficient (Wildman–Crippen LogP) is 3.99. The van der Waals surface area contributed by atoms with Gasteiger partial charge in [-0.25, -0.2) is 12.8 Å². The first kappa shape index (κ1) is 18.6. The molecule has 0 aliphatic carbocycles. The van der Waals surface area contributed by atoms with E-state index in [-0.39, 0.29) is 21.5 Å². The summed E-state index contributed by atoms with van der Waals surface area (Å²) in [5.74, 6) is -1.26. The summed E-state index contributed by atoms with van der Waals surface area (Å²) >= 11 is 12.4. The van der Waals surface area contributed by atoms with E-state index in [0.717, 1.165) is 21.7 Å². The number of sulfonamides is 1. The highest BCUT2D eigenvalue weighted by molar-refractivity contribution is 7.91. The van der Waals surface area contributed by atoms with Crippen molar-refractivity contribution in [2.75, 3.05) is 11.9 Å². The Kier molecular flexibility index (Phi) is 5.36. The van der Waals surface area contributed by atoms with Crippen LogP contribution in [-0.2, 0) is 14.8 Å². The van der Waals surface area contributed by atoms with Crippen molar-refractivity contribution in [2.24, 2.45) is 0 Å². The molecule has 1 aliphatic rings. The smallest absolute Gasteiger partial charge is 0.253 e. The normalized spacial score (nSPS) is 18.4. The lowest BCUT2D eigenvalue weighted by Gasteiger charge is -2.22. The number of hydrogen-bond acceptors (Lipinski definition) is 4. The molecule has 1 aliphatic heterocycles. The number of nitrogens with one attached hydrogen (secondary N) is 1. The lowest BCUT2D eigenvalue weighted by atomic mass is 10.2. The lowest BCUT2D eigenvalue weighted by Crippen LogP contribution is -2.43. The molecule has 0 spiro atoms. The zero-order chi connectivity index (χ0) is 18.2. The van der Waals surface area contributed by atoms with E-state index in [9.17, 15) is 17.6 Å². The van der Waals surface area contributed by atoms with Crippen LogP contribution in [0.4, 0.5) is 10.1 Å². The van der Waals surface area contributed by atoms with Crippen LogP contribution in [0.15, 0.2) is 34.5 Å². The maximum absolute atomic E-state index is 13.9. The highest BCUT2D eigenvalue weighted by Crippen LogP contribution is 2.32. The van der Waals surface area contributed by atoms with E-state index in [0.29, 0.717) is 17.2 Å². The van der Waals surface area contributed by atoms with E-state index < -0.39 is 27.8 Å². The Morgan fingerprint density at radius 3 is 2.68 bits per heavy atom. The van der Waals surface area contributed by atoms with Crippen LogP contribution in [0.1, 0.15) is 12.8 Å². The zero-order valence-electron chi connectivity index (χ0n) is 12.7. The van der Waals surface area contributed by atoms with Gasteiger partial charge in [0.2, 0.25) is 5.91 Å². The van der Waals surface area contributed by atoms with Gasteiger partial charge in [0, 0.05) is 11.6 Å². The van der Waals surface area contributed by atoms with Gasteiger partial charge in [0.25, 0.3) is 10.0 Å². The molecule has 1 amide bonds. The molecule has 1 atom stereocenters. The van der Waals surface area contributed by atoms with Crippen molar-refractivity contribution in [1.29, 1.82) is 0 Å². The van der Waals surface area contributed by atoms with Gasteiger partial charge in [-0.3, -0.25) is 4.79 Å². The Morgan fingerprint density at radius 1 is 1.28 bits per heavy atom. The Bertz CT molecular complexity index is 917. The average Bonchev–Trinajstić information content (AvgIpc) is 3.19. The van der Waals surface area contributed by atoms with Crippen LogP contribution in [-0.4, -0.2) is 31.2 Å². The molecule has 10 heteroatoms. The maximum Gasteiger partial charge on any atom is 0.253 e. The van der Waals surface area contributed by atoms with E-state index in [1.807, 2.05) is 0 Å². The monoisotopic (exact) mass is 422 g/mol. The summed E-state index contributed by atoms with van der Waals surface area (Å²) in [4.78, 5) is 12.5. The van der Waals surface area contributed by atoms with E-state index in [2.05, 4.69) is 5.32 Å². The van der Waals surface area contributed by atoms with Crippen LogP contribution in [0.25, 0.3) is 0 Å². The minimum absolute atomic E-state index is 0.0437. The third kappa shape index (κ3) is 3.83. The second-order valence-corrected chi connectivity index (χ2v) is 9.71. The number of amides is 1. The number of rotatable bonds is 4. The van der Waals surface area contributed by atoms with Crippen LogP contribution >= 0.6 is 34.5 Å². The first-order chi connectivity index (χ1) is 11.8. The first-order valence-electron chi connectivity index (χ1n) is 7.32. The Hall–Kier alpha value is -1.19. The summed E-state index contributed by atoms with van der Waals surface area (Å²) in [6.45, 7) is 0.221. The van der Waals surface area contributed by atoms with E-state index in [1.165, 1.54) is 24.3 Å². The maximum atomic E-state index is 13.9. The Balaban J connectivity index is 1.82. The van der Waals surface area contributed by atoms with Crippen molar-refractivity contribution in [2.45, 2.75) is 23.1 Å². The number of carbonyl (C=O) groups is 1. The highest BCUT2D eigenvalue weighted by atomic mass is 35.5. The number of thiophene rings is 1. The van der Waals surface area contributed by atoms with Gasteiger partial charge in [-0.2, -0.15) is 4.31 Å². The molecular formula is C15H13Cl2FN2O3S2. The van der Waals surface area contributed by atoms with Gasteiger partial charge in [0.15, 0.2) is 0 Å².